The summed E-state index contributed by atoms with van der Waals surface area (Å²) in [5.41, 5.74) is 1.14. The Bertz CT molecular complexity index is 742. The van der Waals surface area contributed by atoms with E-state index in [1.54, 1.807) is 36.4 Å². The van der Waals surface area contributed by atoms with Crippen LogP contribution in [0.15, 0.2) is 54.6 Å². The van der Waals surface area contributed by atoms with Gasteiger partial charge in [-0.15, -0.1) is 0 Å². The lowest BCUT2D eigenvalue weighted by molar-refractivity contribution is -0.122. The quantitative estimate of drug-likeness (QED) is 0.564. The molecule has 26 heavy (non-hydrogen) atoms. The Morgan fingerprint density at radius 1 is 0.923 bits per heavy atom. The molecule has 0 atom stereocenters. The highest BCUT2D eigenvalue weighted by Gasteiger charge is 2.10. The smallest absolute Gasteiger partial charge is 0.321 e. The Morgan fingerprint density at radius 3 is 2.23 bits per heavy atom. The number of amides is 3. The van der Waals surface area contributed by atoms with Crippen molar-refractivity contribution >= 4 is 17.7 Å². The lowest BCUT2D eigenvalue weighted by atomic mass is 10.0. The van der Waals surface area contributed by atoms with Crippen molar-refractivity contribution in [3.05, 3.63) is 65.7 Å². The van der Waals surface area contributed by atoms with Crippen molar-refractivity contribution in [2.45, 2.75) is 19.8 Å². The number of benzene rings is 2. The Labute approximate surface area is 152 Å². The molecule has 0 spiro atoms. The molecule has 2 N–H and O–H groups in total. The normalized spacial score (nSPS) is 10.0. The van der Waals surface area contributed by atoms with E-state index in [4.69, 9.17) is 4.74 Å². The summed E-state index contributed by atoms with van der Waals surface area (Å²) < 4.78 is 5.33. The van der Waals surface area contributed by atoms with Crippen molar-refractivity contribution in [3.8, 4) is 5.75 Å². The first-order chi connectivity index (χ1) is 12.6. The molecular weight excluding hydrogens is 332 g/mol. The lowest BCUT2D eigenvalue weighted by Gasteiger charge is -2.08. The van der Waals surface area contributed by atoms with Crippen LogP contribution in [0.4, 0.5) is 4.79 Å². The summed E-state index contributed by atoms with van der Waals surface area (Å²) >= 11 is 0. The SMILES string of the molecule is CCCCNC(=O)NC(=O)COc1ccc(C(=O)c2ccccc2)cc1. The average molecular weight is 354 g/mol. The maximum Gasteiger partial charge on any atom is 0.321 e. The van der Waals surface area contributed by atoms with E-state index in [9.17, 15) is 14.4 Å². The zero-order chi connectivity index (χ0) is 18.8. The highest BCUT2D eigenvalue weighted by molar-refractivity contribution is 6.09. The van der Waals surface area contributed by atoms with Crippen LogP contribution in [0.5, 0.6) is 5.75 Å². The standard InChI is InChI=1S/C20H22N2O4/c1-2-3-13-21-20(25)22-18(23)14-26-17-11-9-16(10-12-17)19(24)15-7-5-4-6-8-15/h4-12H,2-3,13-14H2,1H3,(H2,21,22,23,25). The zero-order valence-corrected chi connectivity index (χ0v) is 14.7. The van der Waals surface area contributed by atoms with Crippen LogP contribution >= 0.6 is 0 Å². The summed E-state index contributed by atoms with van der Waals surface area (Å²) in [6.45, 7) is 2.25. The molecule has 6 heteroatoms. The molecule has 136 valence electrons. The van der Waals surface area contributed by atoms with Crippen LogP contribution in [-0.4, -0.2) is 30.9 Å². The molecule has 0 heterocycles. The number of nitrogens with one attached hydrogen (secondary N) is 2. The van der Waals surface area contributed by atoms with Crippen LogP contribution in [0.2, 0.25) is 0 Å². The van der Waals surface area contributed by atoms with Gasteiger partial charge in [-0.05, 0) is 30.7 Å². The average Bonchev–Trinajstić information content (AvgIpc) is 2.67. The fourth-order valence-corrected chi connectivity index (χ4v) is 2.19. The van der Waals surface area contributed by atoms with Gasteiger partial charge < -0.3 is 10.1 Å². The fourth-order valence-electron chi connectivity index (χ4n) is 2.19. The number of ether oxygens (including phenoxy) is 1. The van der Waals surface area contributed by atoms with Gasteiger partial charge in [-0.2, -0.15) is 0 Å². The van der Waals surface area contributed by atoms with Gasteiger partial charge in [0.25, 0.3) is 5.91 Å². The number of unbranched alkanes of at least 4 members (excludes halogenated alkanes) is 1. The third-order valence-electron chi connectivity index (χ3n) is 3.59. The van der Waals surface area contributed by atoms with Crippen molar-refractivity contribution in [2.24, 2.45) is 0 Å². The minimum absolute atomic E-state index is 0.0846. The topological polar surface area (TPSA) is 84.5 Å². The molecular formula is C20H22N2O4. The molecule has 6 nitrogen and oxygen atoms in total. The van der Waals surface area contributed by atoms with E-state index in [-0.39, 0.29) is 12.4 Å². The Morgan fingerprint density at radius 2 is 1.58 bits per heavy atom. The number of rotatable bonds is 8. The number of hydrogen-bond acceptors (Lipinski definition) is 4. The van der Waals surface area contributed by atoms with Gasteiger partial charge in [-0.25, -0.2) is 4.79 Å². The van der Waals surface area contributed by atoms with E-state index in [1.165, 1.54) is 0 Å². The van der Waals surface area contributed by atoms with Gasteiger partial charge in [-0.3, -0.25) is 14.9 Å². The summed E-state index contributed by atoms with van der Waals surface area (Å²) in [6.07, 6.45) is 1.81. The van der Waals surface area contributed by atoms with E-state index >= 15 is 0 Å². The van der Waals surface area contributed by atoms with Crippen LogP contribution in [-0.2, 0) is 4.79 Å². The van der Waals surface area contributed by atoms with E-state index in [2.05, 4.69) is 10.6 Å². The summed E-state index contributed by atoms with van der Waals surface area (Å²) in [6, 6.07) is 14.9. The molecule has 0 fully saturated rings. The van der Waals surface area contributed by atoms with Gasteiger partial charge in [-0.1, -0.05) is 43.7 Å². The molecule has 0 aliphatic carbocycles. The summed E-state index contributed by atoms with van der Waals surface area (Å²) in [5.74, 6) is -0.182. The predicted octanol–water partition coefficient (Wildman–Crippen LogP) is 2.92. The second-order valence-corrected chi connectivity index (χ2v) is 5.67. The number of urea groups is 1. The zero-order valence-electron chi connectivity index (χ0n) is 14.7. The molecule has 0 unspecified atom stereocenters. The third-order valence-corrected chi connectivity index (χ3v) is 3.59. The number of ketones is 1. The minimum Gasteiger partial charge on any atom is -0.484 e. The van der Waals surface area contributed by atoms with Crippen molar-refractivity contribution in [2.75, 3.05) is 13.2 Å². The van der Waals surface area contributed by atoms with E-state index < -0.39 is 11.9 Å². The maximum absolute atomic E-state index is 12.3. The van der Waals surface area contributed by atoms with Crippen LogP contribution in [0.3, 0.4) is 0 Å². The number of imide groups is 1. The largest absolute Gasteiger partial charge is 0.484 e. The Kier molecular flexibility index (Phi) is 7.36. The van der Waals surface area contributed by atoms with Gasteiger partial charge in [0.2, 0.25) is 0 Å². The molecule has 0 radical (unpaired) electrons. The fraction of sp³-hybridized carbons (Fsp3) is 0.250. The molecule has 0 aliphatic rings. The monoisotopic (exact) mass is 354 g/mol. The van der Waals surface area contributed by atoms with Crippen LogP contribution in [0.25, 0.3) is 0 Å². The van der Waals surface area contributed by atoms with E-state index in [1.807, 2.05) is 25.1 Å². The molecule has 0 aromatic heterocycles. The number of carbonyl (C=O) groups excluding carboxylic acids is 3. The summed E-state index contributed by atoms with van der Waals surface area (Å²) in [4.78, 5) is 35.4. The highest BCUT2D eigenvalue weighted by atomic mass is 16.5. The second kappa shape index (κ2) is 9.98. The van der Waals surface area contributed by atoms with Crippen molar-refractivity contribution in [1.29, 1.82) is 0 Å². The van der Waals surface area contributed by atoms with Gasteiger partial charge in [0, 0.05) is 17.7 Å². The van der Waals surface area contributed by atoms with E-state index in [0.717, 1.165) is 12.8 Å². The molecule has 0 saturated heterocycles. The number of carbonyl (C=O) groups is 3. The Balaban J connectivity index is 1.81. The molecule has 2 rings (SSSR count). The van der Waals surface area contributed by atoms with Crippen LogP contribution < -0.4 is 15.4 Å². The predicted molar refractivity (Wildman–Crippen MR) is 98.3 cm³/mol. The first-order valence-electron chi connectivity index (χ1n) is 8.50. The van der Waals surface area contributed by atoms with Crippen LogP contribution in [0.1, 0.15) is 35.7 Å². The first kappa shape index (κ1) is 19.2. The molecule has 2 aromatic carbocycles. The second-order valence-electron chi connectivity index (χ2n) is 5.67. The molecule has 0 aliphatic heterocycles. The van der Waals surface area contributed by atoms with Gasteiger partial charge in [0.15, 0.2) is 12.4 Å². The number of hydrogen-bond donors (Lipinski definition) is 2. The third kappa shape index (κ3) is 6.05. The maximum atomic E-state index is 12.3. The summed E-state index contributed by atoms with van der Waals surface area (Å²) in [5, 5.41) is 4.78. The summed E-state index contributed by atoms with van der Waals surface area (Å²) in [7, 11) is 0. The van der Waals surface area contributed by atoms with Gasteiger partial charge in [0.05, 0.1) is 0 Å². The minimum atomic E-state index is -0.538. The van der Waals surface area contributed by atoms with Crippen molar-refractivity contribution in [3.63, 3.8) is 0 Å². The van der Waals surface area contributed by atoms with Crippen molar-refractivity contribution in [1.82, 2.24) is 10.6 Å². The molecule has 3 amide bonds. The van der Waals surface area contributed by atoms with E-state index in [0.29, 0.717) is 23.4 Å². The molecule has 2 aromatic rings. The Hall–Kier alpha value is -3.15. The van der Waals surface area contributed by atoms with Gasteiger partial charge >= 0.3 is 6.03 Å². The lowest BCUT2D eigenvalue weighted by Crippen LogP contribution is -2.41. The molecule has 0 saturated carbocycles. The first-order valence-corrected chi connectivity index (χ1v) is 8.50. The van der Waals surface area contributed by atoms with Crippen LogP contribution in [0, 0.1) is 0 Å². The molecule has 0 bridgehead atoms. The van der Waals surface area contributed by atoms with Gasteiger partial charge in [0.1, 0.15) is 5.75 Å². The van der Waals surface area contributed by atoms with Crippen molar-refractivity contribution < 1.29 is 19.1 Å². The highest BCUT2D eigenvalue weighted by Crippen LogP contribution is 2.15.